The van der Waals surface area contributed by atoms with E-state index in [1.54, 1.807) is 6.07 Å². The van der Waals surface area contributed by atoms with Gasteiger partial charge < -0.3 is 5.11 Å². The molecule has 2 nitrogen and oxygen atoms in total. The van der Waals surface area contributed by atoms with Crippen molar-refractivity contribution in [1.82, 2.24) is 4.90 Å². The molecule has 0 heterocycles. The van der Waals surface area contributed by atoms with Crippen molar-refractivity contribution in [2.45, 2.75) is 39.3 Å². The third-order valence-electron chi connectivity index (χ3n) is 3.34. The number of benzene rings is 1. The van der Waals surface area contributed by atoms with Crippen molar-refractivity contribution >= 4 is 0 Å². The molecule has 2 unspecified atom stereocenters. The molecule has 0 saturated carbocycles. The zero-order chi connectivity index (χ0) is 12.3. The van der Waals surface area contributed by atoms with Gasteiger partial charge in [-0.15, -0.1) is 0 Å². The molecule has 16 heavy (non-hydrogen) atoms. The summed E-state index contributed by atoms with van der Waals surface area (Å²) in [7, 11) is 2.02. The zero-order valence-corrected chi connectivity index (χ0v) is 10.4. The lowest BCUT2D eigenvalue weighted by atomic mass is 10.0. The van der Waals surface area contributed by atoms with Crippen molar-refractivity contribution in [1.29, 1.82) is 0 Å². The number of rotatable bonds is 4. The lowest BCUT2D eigenvalue weighted by molar-refractivity contribution is 0.190. The Morgan fingerprint density at radius 1 is 1.38 bits per heavy atom. The van der Waals surface area contributed by atoms with Crippen molar-refractivity contribution in [3.63, 3.8) is 0 Å². The van der Waals surface area contributed by atoms with Crippen LogP contribution >= 0.6 is 0 Å². The molecule has 0 aliphatic heterocycles. The molecule has 0 saturated heterocycles. The van der Waals surface area contributed by atoms with Crippen LogP contribution in [0.3, 0.4) is 0 Å². The number of phenolic OH excluding ortho intramolecular Hbond substituents is 1. The molecule has 0 spiro atoms. The van der Waals surface area contributed by atoms with E-state index < -0.39 is 5.82 Å². The van der Waals surface area contributed by atoms with Crippen LogP contribution in [0.1, 0.15) is 38.8 Å². The third-order valence-corrected chi connectivity index (χ3v) is 3.34. The molecule has 1 rings (SSSR count). The highest BCUT2D eigenvalue weighted by Crippen LogP contribution is 2.29. The SMILES string of the molecule is CCC(C)N(C)C(C)c1ccc(F)cc1O. The monoisotopic (exact) mass is 225 g/mol. The van der Waals surface area contributed by atoms with Gasteiger partial charge in [-0.2, -0.15) is 0 Å². The standard InChI is InChI=1S/C13H20FNO/c1-5-9(2)15(4)10(3)12-7-6-11(14)8-13(12)16/h6-10,16H,5H2,1-4H3. The predicted octanol–water partition coefficient (Wildman–Crippen LogP) is 3.32. The van der Waals surface area contributed by atoms with Crippen LogP contribution in [-0.2, 0) is 0 Å². The van der Waals surface area contributed by atoms with Crippen LogP contribution in [0.4, 0.5) is 4.39 Å². The van der Waals surface area contributed by atoms with E-state index in [9.17, 15) is 9.50 Å². The summed E-state index contributed by atoms with van der Waals surface area (Å²) in [5, 5.41) is 9.70. The van der Waals surface area contributed by atoms with Gasteiger partial charge in [-0.25, -0.2) is 4.39 Å². The molecule has 2 atom stereocenters. The smallest absolute Gasteiger partial charge is 0.126 e. The average Bonchev–Trinajstić information content (AvgIpc) is 2.26. The van der Waals surface area contributed by atoms with Crippen molar-refractivity contribution in [2.75, 3.05) is 7.05 Å². The Hall–Kier alpha value is -1.09. The minimum absolute atomic E-state index is 0.0302. The van der Waals surface area contributed by atoms with Gasteiger partial charge in [0.05, 0.1) is 0 Å². The first-order valence-electron chi connectivity index (χ1n) is 5.67. The van der Waals surface area contributed by atoms with E-state index in [1.165, 1.54) is 6.07 Å². The van der Waals surface area contributed by atoms with Gasteiger partial charge in [0.15, 0.2) is 0 Å². The number of halogens is 1. The maximum Gasteiger partial charge on any atom is 0.126 e. The van der Waals surface area contributed by atoms with Gasteiger partial charge in [0.1, 0.15) is 11.6 Å². The van der Waals surface area contributed by atoms with Gasteiger partial charge in [-0.05, 0) is 33.4 Å². The first-order chi connectivity index (χ1) is 7.47. The summed E-state index contributed by atoms with van der Waals surface area (Å²) in [5.74, 6) is -0.373. The summed E-state index contributed by atoms with van der Waals surface area (Å²) >= 11 is 0. The summed E-state index contributed by atoms with van der Waals surface area (Å²) in [6, 6.07) is 4.70. The predicted molar refractivity (Wildman–Crippen MR) is 64.0 cm³/mol. The van der Waals surface area contributed by atoms with E-state index in [-0.39, 0.29) is 11.8 Å². The molecule has 3 heteroatoms. The van der Waals surface area contributed by atoms with Crippen molar-refractivity contribution in [2.24, 2.45) is 0 Å². The number of nitrogens with zero attached hydrogens (tertiary/aromatic N) is 1. The zero-order valence-electron chi connectivity index (χ0n) is 10.4. The Bertz CT molecular complexity index is 354. The van der Waals surface area contributed by atoms with Gasteiger partial charge >= 0.3 is 0 Å². The van der Waals surface area contributed by atoms with Crippen molar-refractivity contribution in [3.8, 4) is 5.75 Å². The van der Waals surface area contributed by atoms with Gasteiger partial charge in [-0.1, -0.05) is 13.0 Å². The third kappa shape index (κ3) is 2.73. The fourth-order valence-electron chi connectivity index (χ4n) is 1.76. The molecular formula is C13H20FNO. The molecular weight excluding hydrogens is 205 g/mol. The van der Waals surface area contributed by atoms with E-state index in [4.69, 9.17) is 0 Å². The van der Waals surface area contributed by atoms with E-state index in [1.807, 2.05) is 14.0 Å². The minimum atomic E-state index is -0.403. The quantitative estimate of drug-likeness (QED) is 0.849. The van der Waals surface area contributed by atoms with E-state index in [0.29, 0.717) is 6.04 Å². The molecule has 1 N–H and O–H groups in total. The fraction of sp³-hybridized carbons (Fsp3) is 0.538. The molecule has 1 aromatic carbocycles. The average molecular weight is 225 g/mol. The van der Waals surface area contributed by atoms with Crippen molar-refractivity contribution in [3.05, 3.63) is 29.6 Å². The van der Waals surface area contributed by atoms with E-state index in [2.05, 4.69) is 18.7 Å². The minimum Gasteiger partial charge on any atom is -0.508 e. The maximum atomic E-state index is 12.9. The first kappa shape index (κ1) is 13.0. The fourth-order valence-corrected chi connectivity index (χ4v) is 1.76. The highest BCUT2D eigenvalue weighted by atomic mass is 19.1. The largest absolute Gasteiger partial charge is 0.508 e. The summed E-state index contributed by atoms with van der Waals surface area (Å²) < 4.78 is 12.9. The number of hydrogen-bond acceptors (Lipinski definition) is 2. The molecule has 0 radical (unpaired) electrons. The number of phenols is 1. The summed E-state index contributed by atoms with van der Waals surface area (Å²) in [5.41, 5.74) is 0.768. The molecule has 1 aromatic rings. The molecule has 0 aromatic heterocycles. The second-order valence-electron chi connectivity index (χ2n) is 4.30. The Morgan fingerprint density at radius 3 is 2.50 bits per heavy atom. The number of aromatic hydroxyl groups is 1. The Labute approximate surface area is 96.7 Å². The second kappa shape index (κ2) is 5.30. The van der Waals surface area contributed by atoms with E-state index in [0.717, 1.165) is 18.1 Å². The summed E-state index contributed by atoms with van der Waals surface area (Å²) in [6.45, 7) is 6.27. The van der Waals surface area contributed by atoms with Crippen LogP contribution in [0.5, 0.6) is 5.75 Å². The second-order valence-corrected chi connectivity index (χ2v) is 4.30. The van der Waals surface area contributed by atoms with Gasteiger partial charge in [0.25, 0.3) is 0 Å². The normalized spacial score (nSPS) is 15.1. The Balaban J connectivity index is 2.91. The molecule has 90 valence electrons. The van der Waals surface area contributed by atoms with Crippen molar-refractivity contribution < 1.29 is 9.50 Å². The van der Waals surface area contributed by atoms with Gasteiger partial charge in [-0.3, -0.25) is 4.90 Å². The van der Waals surface area contributed by atoms with Crippen LogP contribution in [0.25, 0.3) is 0 Å². The van der Waals surface area contributed by atoms with Crippen LogP contribution in [-0.4, -0.2) is 23.1 Å². The van der Waals surface area contributed by atoms with Crippen LogP contribution in [0.15, 0.2) is 18.2 Å². The van der Waals surface area contributed by atoms with Gasteiger partial charge in [0, 0.05) is 23.7 Å². The molecule has 0 aliphatic rings. The topological polar surface area (TPSA) is 23.5 Å². The Kier molecular flexibility index (Phi) is 4.30. The summed E-state index contributed by atoms with van der Waals surface area (Å²) in [4.78, 5) is 2.17. The van der Waals surface area contributed by atoms with Crippen LogP contribution in [0, 0.1) is 5.82 Å². The first-order valence-corrected chi connectivity index (χ1v) is 5.67. The molecule has 0 fully saturated rings. The van der Waals surface area contributed by atoms with Gasteiger partial charge in [0.2, 0.25) is 0 Å². The molecule has 0 aliphatic carbocycles. The lowest BCUT2D eigenvalue weighted by Gasteiger charge is -2.30. The number of hydrogen-bond donors (Lipinski definition) is 1. The highest BCUT2D eigenvalue weighted by molar-refractivity contribution is 5.34. The maximum absolute atomic E-state index is 12.9. The molecule has 0 amide bonds. The van der Waals surface area contributed by atoms with E-state index >= 15 is 0 Å². The molecule has 0 bridgehead atoms. The Morgan fingerprint density at radius 2 is 2.00 bits per heavy atom. The van der Waals surface area contributed by atoms with Crippen LogP contribution < -0.4 is 0 Å². The lowest BCUT2D eigenvalue weighted by Crippen LogP contribution is -2.31. The highest BCUT2D eigenvalue weighted by Gasteiger charge is 2.18. The summed E-state index contributed by atoms with van der Waals surface area (Å²) in [6.07, 6.45) is 1.04. The van der Waals surface area contributed by atoms with Crippen LogP contribution in [0.2, 0.25) is 0 Å².